The molecule has 0 aliphatic heterocycles. The first-order chi connectivity index (χ1) is 6.78. The van der Waals surface area contributed by atoms with Crippen LogP contribution in [-0.4, -0.2) is 11.5 Å². The van der Waals surface area contributed by atoms with E-state index < -0.39 is 0 Å². The molecule has 2 nitrogen and oxygen atoms in total. The van der Waals surface area contributed by atoms with Gasteiger partial charge < -0.3 is 5.73 Å². The third-order valence-corrected chi connectivity index (χ3v) is 3.28. The van der Waals surface area contributed by atoms with Crippen LogP contribution in [0.2, 0.25) is 0 Å². The largest absolute Gasteiger partial charge is 0.330 e. The van der Waals surface area contributed by atoms with Crippen molar-refractivity contribution in [3.8, 4) is 0 Å². The summed E-state index contributed by atoms with van der Waals surface area (Å²) >= 11 is 0. The highest BCUT2D eigenvalue weighted by Crippen LogP contribution is 2.40. The van der Waals surface area contributed by atoms with Crippen molar-refractivity contribution in [2.24, 2.45) is 5.73 Å². The number of halogens is 1. The lowest BCUT2D eigenvalue weighted by Crippen LogP contribution is -2.33. The molecule has 0 atom stereocenters. The molecule has 0 aromatic carbocycles. The van der Waals surface area contributed by atoms with Gasteiger partial charge in [0, 0.05) is 23.7 Å². The van der Waals surface area contributed by atoms with Gasteiger partial charge in [-0.3, -0.25) is 0 Å². The van der Waals surface area contributed by atoms with E-state index in [2.05, 4.69) is 4.98 Å². The second-order valence-electron chi connectivity index (χ2n) is 4.03. The molecule has 14 heavy (non-hydrogen) atoms. The van der Waals surface area contributed by atoms with E-state index in [9.17, 15) is 4.39 Å². The van der Waals surface area contributed by atoms with Crippen molar-refractivity contribution in [2.75, 3.05) is 6.54 Å². The van der Waals surface area contributed by atoms with Crippen LogP contribution in [0.3, 0.4) is 0 Å². The van der Waals surface area contributed by atoms with Gasteiger partial charge in [0.15, 0.2) is 0 Å². The zero-order valence-corrected chi connectivity index (χ0v) is 8.17. The Kier molecular flexibility index (Phi) is 2.50. The number of hydrogen-bond acceptors (Lipinski definition) is 2. The molecule has 1 aliphatic carbocycles. The Hall–Kier alpha value is -0.960. The molecule has 1 aliphatic rings. The summed E-state index contributed by atoms with van der Waals surface area (Å²) in [5.41, 5.74) is 6.34. The average Bonchev–Trinajstić information content (AvgIpc) is 2.68. The third-order valence-electron chi connectivity index (χ3n) is 3.28. The number of nitrogens with zero attached hydrogens (tertiary/aromatic N) is 1. The Morgan fingerprint density at radius 1 is 1.43 bits per heavy atom. The van der Waals surface area contributed by atoms with Gasteiger partial charge in [0.2, 0.25) is 5.95 Å². The van der Waals surface area contributed by atoms with Gasteiger partial charge in [-0.05, 0) is 18.9 Å². The smallest absolute Gasteiger partial charge is 0.216 e. The highest BCUT2D eigenvalue weighted by Gasteiger charge is 2.36. The molecule has 0 unspecified atom stereocenters. The van der Waals surface area contributed by atoms with Gasteiger partial charge in [-0.1, -0.05) is 18.9 Å². The molecule has 0 amide bonds. The topological polar surface area (TPSA) is 38.9 Å². The van der Waals surface area contributed by atoms with Crippen LogP contribution >= 0.6 is 0 Å². The van der Waals surface area contributed by atoms with E-state index in [0.717, 1.165) is 25.7 Å². The standard InChI is InChI=1S/C11H15FN2/c12-10-9(4-3-7-14-10)11(8-13)5-1-2-6-11/h3-4,7H,1-2,5-6,8,13H2. The fourth-order valence-corrected chi connectivity index (χ4v) is 2.42. The van der Waals surface area contributed by atoms with Crippen molar-refractivity contribution in [1.29, 1.82) is 0 Å². The molecule has 0 radical (unpaired) electrons. The lowest BCUT2D eigenvalue weighted by atomic mass is 9.79. The molecule has 1 heterocycles. The molecule has 1 saturated carbocycles. The van der Waals surface area contributed by atoms with Crippen molar-refractivity contribution in [3.05, 3.63) is 29.8 Å². The predicted molar refractivity (Wildman–Crippen MR) is 53.4 cm³/mol. The van der Waals surface area contributed by atoms with Gasteiger partial charge in [-0.2, -0.15) is 4.39 Å². The van der Waals surface area contributed by atoms with Gasteiger partial charge in [0.05, 0.1) is 0 Å². The highest BCUT2D eigenvalue weighted by atomic mass is 19.1. The first kappa shape index (κ1) is 9.59. The number of nitrogens with two attached hydrogens (primary N) is 1. The zero-order chi connectivity index (χ0) is 10.0. The van der Waals surface area contributed by atoms with E-state index in [0.29, 0.717) is 12.1 Å². The summed E-state index contributed by atoms with van der Waals surface area (Å²) in [6.45, 7) is 0.523. The Bertz CT molecular complexity index is 319. The van der Waals surface area contributed by atoms with Gasteiger partial charge >= 0.3 is 0 Å². The molecular weight excluding hydrogens is 179 g/mol. The first-order valence-electron chi connectivity index (χ1n) is 5.10. The van der Waals surface area contributed by atoms with E-state index in [4.69, 9.17) is 5.73 Å². The normalized spacial score (nSPS) is 19.9. The van der Waals surface area contributed by atoms with E-state index in [-0.39, 0.29) is 11.4 Å². The molecular formula is C11H15FN2. The molecule has 76 valence electrons. The van der Waals surface area contributed by atoms with Crippen molar-refractivity contribution in [1.82, 2.24) is 4.98 Å². The maximum absolute atomic E-state index is 13.5. The van der Waals surface area contributed by atoms with E-state index in [1.54, 1.807) is 6.07 Å². The maximum Gasteiger partial charge on any atom is 0.216 e. The first-order valence-corrected chi connectivity index (χ1v) is 5.10. The minimum Gasteiger partial charge on any atom is -0.330 e. The van der Waals surface area contributed by atoms with Gasteiger partial charge in [0.1, 0.15) is 0 Å². The lowest BCUT2D eigenvalue weighted by molar-refractivity contribution is 0.417. The summed E-state index contributed by atoms with van der Waals surface area (Å²) in [7, 11) is 0. The van der Waals surface area contributed by atoms with E-state index >= 15 is 0 Å². The average molecular weight is 194 g/mol. The Morgan fingerprint density at radius 2 is 2.14 bits per heavy atom. The predicted octanol–water partition coefficient (Wildman–Crippen LogP) is 1.99. The molecule has 2 rings (SSSR count). The number of pyridine rings is 1. The molecule has 1 aromatic rings. The van der Waals surface area contributed by atoms with Crippen LogP contribution in [0, 0.1) is 5.95 Å². The van der Waals surface area contributed by atoms with Crippen molar-refractivity contribution >= 4 is 0 Å². The van der Waals surface area contributed by atoms with Crippen LogP contribution in [0.1, 0.15) is 31.2 Å². The fourth-order valence-electron chi connectivity index (χ4n) is 2.42. The second-order valence-corrected chi connectivity index (χ2v) is 4.03. The van der Waals surface area contributed by atoms with Crippen LogP contribution in [-0.2, 0) is 5.41 Å². The summed E-state index contributed by atoms with van der Waals surface area (Å²) in [5, 5.41) is 0. The van der Waals surface area contributed by atoms with Crippen LogP contribution in [0.25, 0.3) is 0 Å². The Balaban J connectivity index is 2.41. The summed E-state index contributed by atoms with van der Waals surface area (Å²) in [6, 6.07) is 3.61. The quantitative estimate of drug-likeness (QED) is 0.731. The second kappa shape index (κ2) is 3.65. The molecule has 1 fully saturated rings. The van der Waals surface area contributed by atoms with Gasteiger partial charge in [0.25, 0.3) is 0 Å². The van der Waals surface area contributed by atoms with Crippen molar-refractivity contribution in [3.63, 3.8) is 0 Å². The van der Waals surface area contributed by atoms with Crippen LogP contribution in [0.15, 0.2) is 18.3 Å². The van der Waals surface area contributed by atoms with Crippen LogP contribution < -0.4 is 5.73 Å². The monoisotopic (exact) mass is 194 g/mol. The molecule has 0 saturated heterocycles. The van der Waals surface area contributed by atoms with Crippen molar-refractivity contribution in [2.45, 2.75) is 31.1 Å². The SMILES string of the molecule is NCC1(c2cccnc2F)CCCC1. The minimum atomic E-state index is -0.347. The Labute approximate surface area is 83.3 Å². The summed E-state index contributed by atoms with van der Waals surface area (Å²) in [6.07, 6.45) is 5.76. The summed E-state index contributed by atoms with van der Waals surface area (Å²) in [5.74, 6) is -0.347. The van der Waals surface area contributed by atoms with E-state index in [1.165, 1.54) is 6.20 Å². The molecule has 0 spiro atoms. The zero-order valence-electron chi connectivity index (χ0n) is 8.17. The lowest BCUT2D eigenvalue weighted by Gasteiger charge is -2.27. The summed E-state index contributed by atoms with van der Waals surface area (Å²) in [4.78, 5) is 3.69. The van der Waals surface area contributed by atoms with Crippen molar-refractivity contribution < 1.29 is 4.39 Å². The van der Waals surface area contributed by atoms with E-state index in [1.807, 2.05) is 6.07 Å². The fraction of sp³-hybridized carbons (Fsp3) is 0.545. The molecule has 1 aromatic heterocycles. The van der Waals surface area contributed by atoms with Crippen LogP contribution in [0.5, 0.6) is 0 Å². The Morgan fingerprint density at radius 3 is 2.71 bits per heavy atom. The number of aromatic nitrogens is 1. The third kappa shape index (κ3) is 1.42. The minimum absolute atomic E-state index is 0.141. The van der Waals surface area contributed by atoms with Gasteiger partial charge in [-0.25, -0.2) is 4.98 Å². The highest BCUT2D eigenvalue weighted by molar-refractivity contribution is 5.25. The summed E-state index contributed by atoms with van der Waals surface area (Å²) < 4.78 is 13.5. The number of hydrogen-bond donors (Lipinski definition) is 1. The molecule has 3 heteroatoms. The number of rotatable bonds is 2. The molecule has 2 N–H and O–H groups in total. The van der Waals surface area contributed by atoms with Gasteiger partial charge in [-0.15, -0.1) is 0 Å². The maximum atomic E-state index is 13.5. The molecule has 0 bridgehead atoms. The van der Waals surface area contributed by atoms with Crippen LogP contribution in [0.4, 0.5) is 4.39 Å².